The van der Waals surface area contributed by atoms with Crippen LogP contribution in [0.2, 0.25) is 10.0 Å². The summed E-state index contributed by atoms with van der Waals surface area (Å²) in [5.41, 5.74) is 1.46. The van der Waals surface area contributed by atoms with Crippen molar-refractivity contribution in [2.45, 2.75) is 6.54 Å². The molecule has 0 aliphatic heterocycles. The zero-order chi connectivity index (χ0) is 16.2. The molecule has 3 aromatic rings. The molecule has 0 bridgehead atoms. The smallest absolute Gasteiger partial charge is 0.247 e. The number of para-hydroxylation sites is 1. The van der Waals surface area contributed by atoms with Crippen molar-refractivity contribution in [2.24, 2.45) is 0 Å². The molecule has 0 fully saturated rings. The van der Waals surface area contributed by atoms with E-state index in [0.717, 1.165) is 11.3 Å². The summed E-state index contributed by atoms with van der Waals surface area (Å²) >= 11 is 12.2. The van der Waals surface area contributed by atoms with E-state index in [1.807, 2.05) is 24.3 Å². The van der Waals surface area contributed by atoms with Gasteiger partial charge < -0.3 is 14.5 Å². The fraction of sp³-hybridized carbons (Fsp3) is 0.125. The molecule has 23 heavy (non-hydrogen) atoms. The van der Waals surface area contributed by atoms with Crippen molar-refractivity contribution in [1.82, 2.24) is 10.2 Å². The second-order valence-corrected chi connectivity index (χ2v) is 5.49. The molecule has 0 saturated carbocycles. The molecule has 1 heterocycles. The van der Waals surface area contributed by atoms with Crippen LogP contribution in [0.15, 0.2) is 46.9 Å². The monoisotopic (exact) mass is 349 g/mol. The van der Waals surface area contributed by atoms with Gasteiger partial charge in [-0.1, -0.05) is 29.3 Å². The molecule has 7 heteroatoms. The maximum Gasteiger partial charge on any atom is 0.247 e. The highest BCUT2D eigenvalue weighted by Gasteiger charge is 2.10. The van der Waals surface area contributed by atoms with E-state index in [1.54, 1.807) is 25.3 Å². The first kappa shape index (κ1) is 15.6. The van der Waals surface area contributed by atoms with Gasteiger partial charge in [-0.25, -0.2) is 0 Å². The summed E-state index contributed by atoms with van der Waals surface area (Å²) < 4.78 is 10.8. The second-order valence-electron chi connectivity index (χ2n) is 4.68. The Bertz CT molecular complexity index is 783. The van der Waals surface area contributed by atoms with Gasteiger partial charge in [-0.2, -0.15) is 0 Å². The minimum atomic E-state index is 0.326. The number of halogens is 2. The molecule has 1 N–H and O–H groups in total. The Kier molecular flexibility index (Phi) is 4.69. The minimum Gasteiger partial charge on any atom is -0.497 e. The zero-order valence-corrected chi connectivity index (χ0v) is 13.7. The highest BCUT2D eigenvalue weighted by molar-refractivity contribution is 6.39. The Morgan fingerprint density at radius 1 is 1.04 bits per heavy atom. The third-order valence-electron chi connectivity index (χ3n) is 3.18. The van der Waals surface area contributed by atoms with Crippen molar-refractivity contribution >= 4 is 28.9 Å². The predicted molar refractivity (Wildman–Crippen MR) is 90.1 cm³/mol. The average molecular weight is 350 g/mol. The summed E-state index contributed by atoms with van der Waals surface area (Å²) in [6, 6.07) is 12.7. The fourth-order valence-electron chi connectivity index (χ4n) is 2.01. The molecule has 118 valence electrons. The van der Waals surface area contributed by atoms with Gasteiger partial charge in [-0.15, -0.1) is 10.2 Å². The van der Waals surface area contributed by atoms with Crippen molar-refractivity contribution in [3.8, 4) is 17.2 Å². The van der Waals surface area contributed by atoms with Gasteiger partial charge in [0.15, 0.2) is 0 Å². The van der Waals surface area contributed by atoms with E-state index in [1.165, 1.54) is 0 Å². The van der Waals surface area contributed by atoms with E-state index in [0.29, 0.717) is 34.1 Å². The molecule has 5 nitrogen and oxygen atoms in total. The van der Waals surface area contributed by atoms with Crippen LogP contribution in [0.25, 0.3) is 11.5 Å². The third-order valence-corrected chi connectivity index (χ3v) is 3.81. The number of nitrogens with zero attached hydrogens (tertiary/aromatic N) is 2. The number of hydrogen-bond donors (Lipinski definition) is 1. The van der Waals surface area contributed by atoms with Crippen LogP contribution in [-0.2, 0) is 6.54 Å². The average Bonchev–Trinajstić information content (AvgIpc) is 3.03. The van der Waals surface area contributed by atoms with Crippen LogP contribution in [0.5, 0.6) is 5.75 Å². The molecule has 0 radical (unpaired) electrons. The summed E-state index contributed by atoms with van der Waals surface area (Å²) in [6.07, 6.45) is 0. The van der Waals surface area contributed by atoms with Gasteiger partial charge in [0, 0.05) is 5.56 Å². The van der Waals surface area contributed by atoms with E-state index in [4.69, 9.17) is 32.4 Å². The lowest BCUT2D eigenvalue weighted by atomic mass is 10.2. The van der Waals surface area contributed by atoms with Crippen LogP contribution < -0.4 is 10.1 Å². The van der Waals surface area contributed by atoms with Gasteiger partial charge in [0.2, 0.25) is 11.8 Å². The topological polar surface area (TPSA) is 60.2 Å². The van der Waals surface area contributed by atoms with Crippen LogP contribution in [0.1, 0.15) is 5.89 Å². The first-order valence-electron chi connectivity index (χ1n) is 6.82. The van der Waals surface area contributed by atoms with Crippen molar-refractivity contribution in [3.63, 3.8) is 0 Å². The molecule has 1 aromatic heterocycles. The lowest BCUT2D eigenvalue weighted by molar-refractivity contribution is 0.415. The molecule has 0 unspecified atom stereocenters. The van der Waals surface area contributed by atoms with E-state index in [9.17, 15) is 0 Å². The van der Waals surface area contributed by atoms with E-state index in [-0.39, 0.29) is 0 Å². The molecule has 0 amide bonds. The first-order chi connectivity index (χ1) is 11.2. The summed E-state index contributed by atoms with van der Waals surface area (Å²) in [7, 11) is 1.62. The Morgan fingerprint density at radius 3 is 2.39 bits per heavy atom. The number of hydrogen-bond acceptors (Lipinski definition) is 5. The van der Waals surface area contributed by atoms with Crippen LogP contribution in [-0.4, -0.2) is 17.3 Å². The van der Waals surface area contributed by atoms with Crippen LogP contribution in [0.3, 0.4) is 0 Å². The molecule has 0 saturated heterocycles. The fourth-order valence-corrected chi connectivity index (χ4v) is 2.54. The van der Waals surface area contributed by atoms with Crippen LogP contribution >= 0.6 is 23.2 Å². The highest BCUT2D eigenvalue weighted by atomic mass is 35.5. The summed E-state index contributed by atoms with van der Waals surface area (Å²) in [5, 5.41) is 12.2. The maximum absolute atomic E-state index is 6.10. The van der Waals surface area contributed by atoms with E-state index >= 15 is 0 Å². The van der Waals surface area contributed by atoms with Crippen molar-refractivity contribution < 1.29 is 9.15 Å². The number of methoxy groups -OCH3 is 1. The van der Waals surface area contributed by atoms with Gasteiger partial charge in [0.25, 0.3) is 0 Å². The van der Waals surface area contributed by atoms with Crippen molar-refractivity contribution in [3.05, 3.63) is 58.4 Å². The Balaban J connectivity index is 1.72. The largest absolute Gasteiger partial charge is 0.497 e. The van der Waals surface area contributed by atoms with E-state index < -0.39 is 0 Å². The molecule has 0 aliphatic rings. The van der Waals surface area contributed by atoms with Gasteiger partial charge in [0.1, 0.15) is 5.75 Å². The van der Waals surface area contributed by atoms with Gasteiger partial charge in [-0.05, 0) is 36.4 Å². The lowest BCUT2D eigenvalue weighted by Gasteiger charge is -2.07. The highest BCUT2D eigenvalue weighted by Crippen LogP contribution is 2.30. The molecule has 2 aromatic carbocycles. The summed E-state index contributed by atoms with van der Waals surface area (Å²) in [4.78, 5) is 0. The standard InChI is InChI=1S/C16H13Cl2N3O2/c1-22-11-7-5-10(6-8-11)16-21-20-14(23-16)9-19-15-12(17)3-2-4-13(15)18/h2-8,19H,9H2,1H3. The quantitative estimate of drug-likeness (QED) is 0.725. The first-order valence-corrected chi connectivity index (χ1v) is 7.57. The van der Waals surface area contributed by atoms with Crippen molar-refractivity contribution in [1.29, 1.82) is 0 Å². The minimum absolute atomic E-state index is 0.326. The molecule has 3 rings (SSSR count). The Morgan fingerprint density at radius 2 is 1.74 bits per heavy atom. The normalized spacial score (nSPS) is 10.6. The van der Waals surface area contributed by atoms with Crippen LogP contribution in [0, 0.1) is 0 Å². The number of ether oxygens (including phenoxy) is 1. The molecular weight excluding hydrogens is 337 g/mol. The van der Waals surface area contributed by atoms with Crippen LogP contribution in [0.4, 0.5) is 5.69 Å². The number of aromatic nitrogens is 2. The Labute approximate surface area is 143 Å². The zero-order valence-electron chi connectivity index (χ0n) is 12.2. The van der Waals surface area contributed by atoms with Crippen molar-refractivity contribution in [2.75, 3.05) is 12.4 Å². The summed E-state index contributed by atoms with van der Waals surface area (Å²) in [6.45, 7) is 0.326. The maximum atomic E-state index is 6.10. The predicted octanol–water partition coefficient (Wildman–Crippen LogP) is 4.66. The Hall–Kier alpha value is -2.24. The van der Waals surface area contributed by atoms with E-state index in [2.05, 4.69) is 15.5 Å². The second kappa shape index (κ2) is 6.89. The lowest BCUT2D eigenvalue weighted by Crippen LogP contribution is -2.00. The molecule has 0 spiro atoms. The summed E-state index contributed by atoms with van der Waals surface area (Å²) in [5.74, 6) is 1.64. The molecule has 0 atom stereocenters. The van der Waals surface area contributed by atoms with Gasteiger partial charge in [-0.3, -0.25) is 0 Å². The van der Waals surface area contributed by atoms with Gasteiger partial charge >= 0.3 is 0 Å². The third kappa shape index (κ3) is 3.57. The SMILES string of the molecule is COc1ccc(-c2nnc(CNc3c(Cl)cccc3Cl)o2)cc1. The molecule has 0 aliphatic carbocycles. The number of anilines is 1. The molecular formula is C16H13Cl2N3O2. The number of benzene rings is 2. The number of nitrogens with one attached hydrogen (secondary N) is 1. The number of rotatable bonds is 5. The van der Waals surface area contributed by atoms with Gasteiger partial charge in [0.05, 0.1) is 29.4 Å².